The highest BCUT2D eigenvalue weighted by atomic mass is 32.1. The maximum absolute atomic E-state index is 13.2. The van der Waals surface area contributed by atoms with Crippen molar-refractivity contribution < 1.29 is 15.0 Å². The van der Waals surface area contributed by atoms with Crippen LogP contribution in [0.5, 0.6) is 0 Å². The van der Waals surface area contributed by atoms with Crippen molar-refractivity contribution in [3.8, 4) is 10.6 Å². The first kappa shape index (κ1) is 22.9. The van der Waals surface area contributed by atoms with E-state index in [1.54, 1.807) is 22.7 Å². The summed E-state index contributed by atoms with van der Waals surface area (Å²) in [7, 11) is 0. The Bertz CT molecular complexity index is 923. The number of aliphatic hydroxyl groups is 2. The van der Waals surface area contributed by atoms with Gasteiger partial charge in [-0.2, -0.15) is 11.3 Å². The van der Waals surface area contributed by atoms with Crippen LogP contribution in [-0.2, 0) is 11.2 Å². The van der Waals surface area contributed by atoms with E-state index >= 15 is 0 Å². The maximum Gasteiger partial charge on any atom is 0.223 e. The predicted molar refractivity (Wildman–Crippen MR) is 126 cm³/mol. The van der Waals surface area contributed by atoms with Crippen LogP contribution in [0.4, 0.5) is 0 Å². The van der Waals surface area contributed by atoms with Gasteiger partial charge in [0.05, 0.1) is 18.4 Å². The van der Waals surface area contributed by atoms with Crippen molar-refractivity contribution in [3.63, 3.8) is 0 Å². The number of aromatic nitrogens is 1. The lowest BCUT2D eigenvalue weighted by molar-refractivity contribution is -0.147. The number of hydrogen-bond donors (Lipinski definition) is 2. The number of thiazole rings is 1. The molecule has 1 amide bonds. The summed E-state index contributed by atoms with van der Waals surface area (Å²) in [6, 6.07) is 2.10. The van der Waals surface area contributed by atoms with Gasteiger partial charge in [0.1, 0.15) is 5.01 Å². The normalized spacial score (nSPS) is 32.4. The second-order valence-electron chi connectivity index (χ2n) is 9.64. The molecule has 1 saturated carbocycles. The molecule has 2 N–H and O–H groups in total. The molecule has 2 aromatic rings. The molecule has 0 unspecified atom stereocenters. The van der Waals surface area contributed by atoms with Crippen LogP contribution in [0.25, 0.3) is 10.6 Å². The number of rotatable bonds is 6. The van der Waals surface area contributed by atoms with E-state index < -0.39 is 11.5 Å². The second-order valence-corrected chi connectivity index (χ2v) is 11.5. The fourth-order valence-electron chi connectivity index (χ4n) is 6.04. The molecule has 2 aliphatic rings. The van der Waals surface area contributed by atoms with Crippen LogP contribution in [0.3, 0.4) is 0 Å². The molecule has 0 aromatic carbocycles. The molecule has 0 saturated heterocycles. The Labute approximate surface area is 193 Å². The van der Waals surface area contributed by atoms with E-state index in [0.717, 1.165) is 29.1 Å². The zero-order valence-corrected chi connectivity index (χ0v) is 20.6. The van der Waals surface area contributed by atoms with Crippen LogP contribution in [0.15, 0.2) is 16.8 Å². The van der Waals surface area contributed by atoms with Gasteiger partial charge in [-0.1, -0.05) is 13.8 Å². The molecule has 31 heavy (non-hydrogen) atoms. The second kappa shape index (κ2) is 8.58. The van der Waals surface area contributed by atoms with Crippen LogP contribution >= 0.6 is 22.7 Å². The molecule has 7 heteroatoms. The van der Waals surface area contributed by atoms with E-state index in [2.05, 4.69) is 23.8 Å². The Morgan fingerprint density at radius 2 is 2.06 bits per heavy atom. The first-order valence-electron chi connectivity index (χ1n) is 11.4. The molecular weight excluding hydrogens is 428 g/mol. The number of thiophene rings is 1. The molecule has 170 valence electrons. The van der Waals surface area contributed by atoms with Crippen molar-refractivity contribution in [1.82, 2.24) is 9.88 Å². The average Bonchev–Trinajstić information content (AvgIpc) is 3.43. The van der Waals surface area contributed by atoms with Gasteiger partial charge in [0.15, 0.2) is 0 Å². The Hall–Kier alpha value is -1.28. The Balaban J connectivity index is 1.81. The monoisotopic (exact) mass is 462 g/mol. The number of hydrogen-bond acceptors (Lipinski definition) is 6. The zero-order valence-electron chi connectivity index (χ0n) is 18.9. The van der Waals surface area contributed by atoms with Gasteiger partial charge in [-0.15, -0.1) is 11.3 Å². The van der Waals surface area contributed by atoms with Crippen LogP contribution in [0.2, 0.25) is 0 Å². The van der Waals surface area contributed by atoms with Crippen LogP contribution in [0, 0.1) is 16.7 Å². The molecule has 5 nitrogen and oxygen atoms in total. The van der Waals surface area contributed by atoms with E-state index in [1.807, 2.05) is 25.7 Å². The first-order valence-corrected chi connectivity index (χ1v) is 13.1. The van der Waals surface area contributed by atoms with E-state index in [0.29, 0.717) is 25.9 Å². The van der Waals surface area contributed by atoms with Crippen LogP contribution < -0.4 is 0 Å². The minimum absolute atomic E-state index is 0.00337. The molecule has 0 radical (unpaired) electrons. The van der Waals surface area contributed by atoms with Crippen molar-refractivity contribution >= 4 is 28.6 Å². The molecular formula is C24H34N2O3S2. The lowest BCUT2D eigenvalue weighted by atomic mass is 9.47. The van der Waals surface area contributed by atoms with E-state index in [-0.39, 0.29) is 29.8 Å². The summed E-state index contributed by atoms with van der Waals surface area (Å²) in [5.74, 6) is 0.271. The third-order valence-electron chi connectivity index (χ3n) is 8.16. The Morgan fingerprint density at radius 1 is 1.32 bits per heavy atom. The topological polar surface area (TPSA) is 73.7 Å². The van der Waals surface area contributed by atoms with E-state index in [1.165, 1.54) is 4.88 Å². The van der Waals surface area contributed by atoms with Crippen LogP contribution in [0.1, 0.15) is 63.4 Å². The van der Waals surface area contributed by atoms with Crippen molar-refractivity contribution in [2.75, 3.05) is 19.7 Å². The summed E-state index contributed by atoms with van der Waals surface area (Å²) in [5.41, 5.74) is 1.44. The van der Waals surface area contributed by atoms with Gasteiger partial charge < -0.3 is 15.1 Å². The molecule has 0 aliphatic heterocycles. The number of amides is 1. The molecule has 1 fully saturated rings. The largest absolute Gasteiger partial charge is 0.396 e. The predicted octanol–water partition coefficient (Wildman–Crippen LogP) is 4.55. The third-order valence-corrected chi connectivity index (χ3v) is 9.98. The molecule has 0 spiro atoms. The highest BCUT2D eigenvalue weighted by molar-refractivity contribution is 7.15. The third kappa shape index (κ3) is 3.67. The molecule has 0 bridgehead atoms. The molecule has 2 aliphatic carbocycles. The lowest BCUT2D eigenvalue weighted by Gasteiger charge is -2.58. The van der Waals surface area contributed by atoms with E-state index in [9.17, 15) is 15.0 Å². The van der Waals surface area contributed by atoms with Gasteiger partial charge in [-0.05, 0) is 55.9 Å². The van der Waals surface area contributed by atoms with Gasteiger partial charge in [0.25, 0.3) is 0 Å². The number of carbonyl (C=O) groups is 1. The maximum atomic E-state index is 13.2. The summed E-state index contributed by atoms with van der Waals surface area (Å²) in [4.78, 5) is 21.5. The summed E-state index contributed by atoms with van der Waals surface area (Å²) in [6.45, 7) is 9.71. The van der Waals surface area contributed by atoms with Gasteiger partial charge in [0.2, 0.25) is 5.91 Å². The van der Waals surface area contributed by atoms with Crippen molar-refractivity contribution in [2.45, 2.75) is 65.4 Å². The Kier molecular flexibility index (Phi) is 6.34. The number of carbonyl (C=O) groups excluding carboxylic acids is 1. The summed E-state index contributed by atoms with van der Waals surface area (Å²) >= 11 is 3.38. The van der Waals surface area contributed by atoms with Crippen molar-refractivity contribution in [3.05, 3.63) is 27.4 Å². The number of nitrogens with zero attached hydrogens (tertiary/aromatic N) is 2. The van der Waals surface area contributed by atoms with Gasteiger partial charge in [-0.25, -0.2) is 4.98 Å². The highest BCUT2D eigenvalue weighted by Crippen LogP contribution is 2.63. The summed E-state index contributed by atoms with van der Waals surface area (Å²) in [5, 5.41) is 26.4. The number of fused-ring (bicyclic) bond motifs is 2. The minimum Gasteiger partial charge on any atom is -0.396 e. The molecule has 2 heterocycles. The average molecular weight is 463 g/mol. The first-order chi connectivity index (χ1) is 14.8. The quantitative estimate of drug-likeness (QED) is 0.661. The highest BCUT2D eigenvalue weighted by Gasteiger charge is 2.59. The van der Waals surface area contributed by atoms with E-state index in [4.69, 9.17) is 4.98 Å². The smallest absolute Gasteiger partial charge is 0.223 e. The SMILES string of the molecule is CCN(CC)C(=O)C[C@@H]1c2nc(-c3ccsc3)sc2C[C@@H]2[C@](C)(CO)[C@H](O)CC[C@]21C. The van der Waals surface area contributed by atoms with Crippen LogP contribution in [-0.4, -0.2) is 51.8 Å². The van der Waals surface area contributed by atoms with Crippen molar-refractivity contribution in [1.29, 1.82) is 0 Å². The minimum atomic E-state index is -0.576. The standard InChI is InChI=1S/C24H34N2O3S2/c1-5-26(6-2)20(29)11-16-21-17(31-22(25-21)15-8-10-30-13-15)12-18-23(16,3)9-7-19(28)24(18,4)14-27/h8,10,13,16,18-19,27-28H,5-7,9,11-12,14H2,1-4H3/t16-,18+,19-,23+,24+/m1/s1. The molecule has 5 atom stereocenters. The fraction of sp³-hybridized carbons (Fsp3) is 0.667. The number of aliphatic hydroxyl groups excluding tert-OH is 2. The van der Waals surface area contributed by atoms with Gasteiger partial charge in [0, 0.05) is 46.7 Å². The van der Waals surface area contributed by atoms with Gasteiger partial charge in [-0.3, -0.25) is 4.79 Å². The Morgan fingerprint density at radius 3 is 2.68 bits per heavy atom. The zero-order chi connectivity index (χ0) is 22.4. The molecule has 4 rings (SSSR count). The van der Waals surface area contributed by atoms with Crippen molar-refractivity contribution in [2.24, 2.45) is 16.7 Å². The lowest BCUT2D eigenvalue weighted by Crippen LogP contribution is -2.57. The fourth-order valence-corrected chi connectivity index (χ4v) is 7.92. The molecule has 2 aromatic heterocycles. The summed E-state index contributed by atoms with van der Waals surface area (Å²) in [6.07, 6.45) is 2.20. The summed E-state index contributed by atoms with van der Waals surface area (Å²) < 4.78 is 0. The van der Waals surface area contributed by atoms with Gasteiger partial charge >= 0.3 is 0 Å².